The average Bonchev–Trinajstić information content (AvgIpc) is 3.13. The Labute approximate surface area is 185 Å². The summed E-state index contributed by atoms with van der Waals surface area (Å²) in [5, 5.41) is 2.26. The molecule has 1 heterocycles. The second-order valence-electron chi connectivity index (χ2n) is 7.61. The quantitative estimate of drug-likeness (QED) is 0.344. The van der Waals surface area contributed by atoms with Gasteiger partial charge in [-0.05, 0) is 66.6 Å². The lowest BCUT2D eigenvalue weighted by Gasteiger charge is -2.12. The van der Waals surface area contributed by atoms with E-state index >= 15 is 0 Å². The smallest absolute Gasteiger partial charge is 0.356 e. The summed E-state index contributed by atoms with van der Waals surface area (Å²) in [7, 11) is -4.32. The second kappa shape index (κ2) is 7.95. The number of fused-ring (bicyclic) bond motifs is 3. The number of aromatic nitrogens is 1. The van der Waals surface area contributed by atoms with E-state index in [1.165, 1.54) is 6.07 Å². The number of ether oxygens (including phenoxy) is 1. The van der Waals surface area contributed by atoms with Crippen LogP contribution in [0.4, 0.5) is 0 Å². The molecule has 160 valence electrons. The van der Waals surface area contributed by atoms with E-state index in [1.807, 2.05) is 55.5 Å². The van der Waals surface area contributed by atoms with Crippen LogP contribution in [0.25, 0.3) is 38.6 Å². The molecule has 0 fully saturated rings. The van der Waals surface area contributed by atoms with Gasteiger partial charge in [0.1, 0.15) is 5.75 Å². The highest BCUT2D eigenvalue weighted by molar-refractivity contribution is 7.60. The molecule has 4 aromatic carbocycles. The van der Waals surface area contributed by atoms with E-state index in [2.05, 4.69) is 28.8 Å². The molecule has 32 heavy (non-hydrogen) atoms. The maximum atomic E-state index is 11.7. The van der Waals surface area contributed by atoms with Crippen molar-refractivity contribution < 1.29 is 19.1 Å². The number of hydrogen-bond acceptors (Lipinski definition) is 2. The summed E-state index contributed by atoms with van der Waals surface area (Å²) >= 11 is 0. The Morgan fingerprint density at radius 2 is 1.50 bits per heavy atom. The molecule has 0 bridgehead atoms. The minimum Gasteiger partial charge on any atom is -0.494 e. The van der Waals surface area contributed by atoms with E-state index < -0.39 is 7.60 Å². The third kappa shape index (κ3) is 3.61. The molecular weight excluding hydrogens is 421 g/mol. The lowest BCUT2D eigenvalue weighted by atomic mass is 10.1. The van der Waals surface area contributed by atoms with Gasteiger partial charge in [0, 0.05) is 16.5 Å². The van der Waals surface area contributed by atoms with Crippen molar-refractivity contribution >= 4 is 34.7 Å². The van der Waals surface area contributed by atoms with E-state index in [9.17, 15) is 14.4 Å². The first kappa shape index (κ1) is 20.5. The molecule has 0 aliphatic rings. The van der Waals surface area contributed by atoms with Crippen molar-refractivity contribution in [2.45, 2.75) is 6.92 Å². The Balaban J connectivity index is 1.71. The molecular formula is C26H22NO4P. The van der Waals surface area contributed by atoms with Gasteiger partial charge in [-0.3, -0.25) is 4.57 Å². The predicted octanol–water partition coefficient (Wildman–Crippen LogP) is 5.65. The molecule has 2 N–H and O–H groups in total. The fourth-order valence-electron chi connectivity index (χ4n) is 4.18. The lowest BCUT2D eigenvalue weighted by molar-refractivity contribution is 0.341. The monoisotopic (exact) mass is 443 g/mol. The third-order valence-corrected chi connectivity index (χ3v) is 6.53. The molecule has 5 aromatic rings. The van der Waals surface area contributed by atoms with Gasteiger partial charge >= 0.3 is 7.60 Å². The molecule has 0 radical (unpaired) electrons. The van der Waals surface area contributed by atoms with E-state index in [4.69, 9.17) is 4.74 Å². The fraction of sp³-hybridized carbons (Fsp3) is 0.0769. The van der Waals surface area contributed by atoms with Gasteiger partial charge in [0.15, 0.2) is 0 Å². The van der Waals surface area contributed by atoms with Gasteiger partial charge in [-0.1, -0.05) is 42.5 Å². The van der Waals surface area contributed by atoms with Crippen LogP contribution in [0.3, 0.4) is 0 Å². The Morgan fingerprint density at radius 1 is 0.781 bits per heavy atom. The van der Waals surface area contributed by atoms with Crippen LogP contribution >= 0.6 is 7.60 Å². The first-order chi connectivity index (χ1) is 15.5. The van der Waals surface area contributed by atoms with Crippen molar-refractivity contribution in [1.82, 2.24) is 4.57 Å². The summed E-state index contributed by atoms with van der Waals surface area (Å²) in [6.45, 7) is 2.58. The summed E-state index contributed by atoms with van der Waals surface area (Å²) in [6, 6.07) is 28.9. The van der Waals surface area contributed by atoms with Crippen LogP contribution in [0, 0.1) is 0 Å². The number of nitrogens with zero attached hydrogens (tertiary/aromatic N) is 1. The minimum atomic E-state index is -4.32. The van der Waals surface area contributed by atoms with Crippen LogP contribution in [0.5, 0.6) is 5.75 Å². The molecule has 0 unspecified atom stereocenters. The van der Waals surface area contributed by atoms with Crippen LogP contribution in [-0.2, 0) is 4.57 Å². The Kier molecular flexibility index (Phi) is 5.10. The van der Waals surface area contributed by atoms with E-state index in [0.29, 0.717) is 6.61 Å². The normalized spacial score (nSPS) is 11.8. The molecule has 0 aliphatic carbocycles. The topological polar surface area (TPSA) is 71.7 Å². The summed E-state index contributed by atoms with van der Waals surface area (Å²) in [5.41, 5.74) is 4.76. The lowest BCUT2D eigenvalue weighted by Crippen LogP contribution is -2.03. The molecule has 0 saturated heterocycles. The molecule has 0 spiro atoms. The molecule has 0 aliphatic heterocycles. The van der Waals surface area contributed by atoms with Gasteiger partial charge in [0.25, 0.3) is 0 Å². The number of benzene rings is 4. The first-order valence-electron chi connectivity index (χ1n) is 10.4. The van der Waals surface area contributed by atoms with E-state index in [-0.39, 0.29) is 5.30 Å². The van der Waals surface area contributed by atoms with Crippen LogP contribution in [-0.4, -0.2) is 21.0 Å². The van der Waals surface area contributed by atoms with Gasteiger partial charge in [0.2, 0.25) is 0 Å². The van der Waals surface area contributed by atoms with Crippen LogP contribution in [0.15, 0.2) is 91.0 Å². The van der Waals surface area contributed by atoms with Crippen molar-refractivity contribution in [1.29, 1.82) is 0 Å². The minimum absolute atomic E-state index is 0.0146. The summed E-state index contributed by atoms with van der Waals surface area (Å²) in [6.07, 6.45) is 0. The maximum Gasteiger partial charge on any atom is 0.356 e. The maximum absolute atomic E-state index is 11.7. The summed E-state index contributed by atoms with van der Waals surface area (Å²) in [5.74, 6) is 0.839. The Hall–Kier alpha value is -3.37. The predicted molar refractivity (Wildman–Crippen MR) is 129 cm³/mol. The standard InChI is InChI=1S/C26H22NO4P/c1-2-31-21-13-14-26-24(17-21)23-11-3-4-12-25(23)27(26)20-9-5-7-18(15-20)19-8-6-10-22(16-19)32(28,29)30/h3-17H,2H2,1H3,(H2,28,29,30). The van der Waals surface area contributed by atoms with Crippen LogP contribution < -0.4 is 10.0 Å². The highest BCUT2D eigenvalue weighted by atomic mass is 31.2. The van der Waals surface area contributed by atoms with Crippen LogP contribution in [0.2, 0.25) is 0 Å². The Bertz CT molecular complexity index is 1500. The average molecular weight is 443 g/mol. The highest BCUT2D eigenvalue weighted by Gasteiger charge is 2.18. The molecule has 5 rings (SSSR count). The molecule has 1 aromatic heterocycles. The van der Waals surface area contributed by atoms with Crippen molar-refractivity contribution in [2.24, 2.45) is 0 Å². The van der Waals surface area contributed by atoms with Gasteiger partial charge in [-0.25, -0.2) is 0 Å². The third-order valence-electron chi connectivity index (χ3n) is 5.58. The first-order valence-corrected chi connectivity index (χ1v) is 12.0. The SMILES string of the molecule is CCOc1ccc2c(c1)c1ccccc1n2-c1cccc(-c2cccc(P(=O)(O)O)c2)c1. The summed E-state index contributed by atoms with van der Waals surface area (Å²) < 4.78 is 19.6. The van der Waals surface area contributed by atoms with E-state index in [0.717, 1.165) is 44.4 Å². The highest BCUT2D eigenvalue weighted by Crippen LogP contribution is 2.37. The van der Waals surface area contributed by atoms with Crippen LogP contribution in [0.1, 0.15) is 6.92 Å². The zero-order valence-electron chi connectivity index (χ0n) is 17.5. The van der Waals surface area contributed by atoms with Gasteiger partial charge in [-0.2, -0.15) is 0 Å². The molecule has 0 saturated carbocycles. The van der Waals surface area contributed by atoms with Gasteiger partial charge < -0.3 is 19.1 Å². The molecule has 6 heteroatoms. The fourth-order valence-corrected chi connectivity index (χ4v) is 4.77. The second-order valence-corrected chi connectivity index (χ2v) is 9.21. The largest absolute Gasteiger partial charge is 0.494 e. The molecule has 0 amide bonds. The number of rotatable bonds is 5. The zero-order valence-corrected chi connectivity index (χ0v) is 18.4. The molecule has 5 nitrogen and oxygen atoms in total. The van der Waals surface area contributed by atoms with Crippen molar-refractivity contribution in [3.05, 3.63) is 91.0 Å². The summed E-state index contributed by atoms with van der Waals surface area (Å²) in [4.78, 5) is 19.1. The molecule has 0 atom stereocenters. The van der Waals surface area contributed by atoms with Gasteiger partial charge in [-0.15, -0.1) is 0 Å². The number of hydrogen-bond donors (Lipinski definition) is 2. The number of para-hydroxylation sites is 1. The van der Waals surface area contributed by atoms with E-state index in [1.54, 1.807) is 12.1 Å². The van der Waals surface area contributed by atoms with Crippen molar-refractivity contribution in [2.75, 3.05) is 6.61 Å². The zero-order chi connectivity index (χ0) is 22.3. The van der Waals surface area contributed by atoms with Crippen molar-refractivity contribution in [3.63, 3.8) is 0 Å². The Morgan fingerprint density at radius 3 is 2.28 bits per heavy atom. The van der Waals surface area contributed by atoms with Gasteiger partial charge in [0.05, 0.1) is 22.9 Å². The van der Waals surface area contributed by atoms with Crippen molar-refractivity contribution in [3.8, 4) is 22.6 Å².